The first kappa shape index (κ1) is 24.1. The standard InChI is InChI=1S/C24H28ClN5O3/c1-3-4-12-29(20(31)14-27-19-11-10-18(25)13-16(19)2)21-22(26)30(24(33)28-23(21)32)15-17-8-6-5-7-9-17/h5-11,13,27H,3-4,12,14-15,26H2,1-2H3,(H,28,32,33). The van der Waals surface area contributed by atoms with Crippen LogP contribution in [0.5, 0.6) is 0 Å². The third kappa shape index (κ3) is 5.84. The minimum absolute atomic E-state index is 0.0152. The van der Waals surface area contributed by atoms with E-state index in [0.717, 1.165) is 23.2 Å². The molecule has 33 heavy (non-hydrogen) atoms. The van der Waals surface area contributed by atoms with Gasteiger partial charge in [-0.25, -0.2) is 4.79 Å². The van der Waals surface area contributed by atoms with Crippen molar-refractivity contribution >= 4 is 34.7 Å². The van der Waals surface area contributed by atoms with E-state index in [2.05, 4.69) is 10.3 Å². The lowest BCUT2D eigenvalue weighted by atomic mass is 10.2. The number of unbranched alkanes of at least 4 members (excludes halogenated alkanes) is 1. The van der Waals surface area contributed by atoms with E-state index in [-0.39, 0.29) is 30.5 Å². The maximum absolute atomic E-state index is 13.2. The van der Waals surface area contributed by atoms with Crippen molar-refractivity contribution in [3.63, 3.8) is 0 Å². The van der Waals surface area contributed by atoms with E-state index in [9.17, 15) is 14.4 Å². The number of nitrogens with zero attached hydrogens (tertiary/aromatic N) is 2. The third-order valence-electron chi connectivity index (χ3n) is 5.32. The van der Waals surface area contributed by atoms with Crippen molar-refractivity contribution in [1.82, 2.24) is 9.55 Å². The SMILES string of the molecule is CCCCN(C(=O)CNc1ccc(Cl)cc1C)c1c(N)n(Cc2ccccc2)c(=O)[nH]c1=O. The van der Waals surface area contributed by atoms with Gasteiger partial charge in [-0.05, 0) is 42.7 Å². The average molecular weight is 470 g/mol. The normalized spacial score (nSPS) is 10.8. The number of nitrogens with one attached hydrogen (secondary N) is 2. The van der Waals surface area contributed by atoms with E-state index in [0.29, 0.717) is 18.0 Å². The summed E-state index contributed by atoms with van der Waals surface area (Å²) in [6.07, 6.45) is 1.48. The molecule has 0 aliphatic carbocycles. The van der Waals surface area contributed by atoms with Crippen molar-refractivity contribution in [2.75, 3.05) is 29.0 Å². The van der Waals surface area contributed by atoms with Gasteiger partial charge in [-0.2, -0.15) is 0 Å². The fraction of sp³-hybridized carbons (Fsp3) is 0.292. The number of nitrogen functional groups attached to an aromatic ring is 1. The molecule has 9 heteroatoms. The minimum atomic E-state index is -0.686. The van der Waals surface area contributed by atoms with E-state index in [1.165, 1.54) is 9.47 Å². The first-order valence-corrected chi connectivity index (χ1v) is 11.2. The predicted octanol–water partition coefficient (Wildman–Crippen LogP) is 3.37. The molecule has 0 spiro atoms. The van der Waals surface area contributed by atoms with Crippen molar-refractivity contribution in [2.24, 2.45) is 0 Å². The predicted molar refractivity (Wildman–Crippen MR) is 133 cm³/mol. The summed E-state index contributed by atoms with van der Waals surface area (Å²) in [5.41, 5.74) is 7.48. The molecule has 0 atom stereocenters. The second-order valence-corrected chi connectivity index (χ2v) is 8.21. The number of anilines is 3. The van der Waals surface area contributed by atoms with Crippen LogP contribution in [0.15, 0.2) is 58.1 Å². The van der Waals surface area contributed by atoms with Gasteiger partial charge in [0, 0.05) is 17.3 Å². The topological polar surface area (TPSA) is 113 Å². The van der Waals surface area contributed by atoms with Gasteiger partial charge in [0.2, 0.25) is 5.91 Å². The Balaban J connectivity index is 1.93. The zero-order chi connectivity index (χ0) is 24.0. The minimum Gasteiger partial charge on any atom is -0.383 e. The highest BCUT2D eigenvalue weighted by Gasteiger charge is 2.24. The van der Waals surface area contributed by atoms with Gasteiger partial charge in [-0.1, -0.05) is 55.3 Å². The lowest BCUT2D eigenvalue weighted by molar-refractivity contribution is -0.117. The van der Waals surface area contributed by atoms with Crippen molar-refractivity contribution in [2.45, 2.75) is 33.2 Å². The van der Waals surface area contributed by atoms with Crippen LogP contribution in [0.25, 0.3) is 0 Å². The molecule has 0 fully saturated rings. The van der Waals surface area contributed by atoms with Crippen molar-refractivity contribution in [3.05, 3.63) is 85.5 Å². The number of carbonyl (C=O) groups is 1. The highest BCUT2D eigenvalue weighted by Crippen LogP contribution is 2.21. The van der Waals surface area contributed by atoms with Gasteiger partial charge >= 0.3 is 5.69 Å². The molecule has 0 radical (unpaired) electrons. The number of aryl methyl sites for hydroxylation is 1. The van der Waals surface area contributed by atoms with Crippen LogP contribution in [0.1, 0.15) is 30.9 Å². The second-order valence-electron chi connectivity index (χ2n) is 7.78. The Bertz CT molecular complexity index is 1240. The van der Waals surface area contributed by atoms with Gasteiger partial charge in [0.1, 0.15) is 5.82 Å². The summed E-state index contributed by atoms with van der Waals surface area (Å²) in [7, 11) is 0. The van der Waals surface area contributed by atoms with E-state index in [1.54, 1.807) is 18.2 Å². The molecule has 4 N–H and O–H groups in total. The van der Waals surface area contributed by atoms with Crippen LogP contribution < -0.4 is 27.2 Å². The summed E-state index contributed by atoms with van der Waals surface area (Å²) in [6, 6.07) is 14.6. The smallest absolute Gasteiger partial charge is 0.330 e. The molecule has 1 heterocycles. The van der Waals surface area contributed by atoms with Crippen LogP contribution in [0.2, 0.25) is 5.02 Å². The lowest BCUT2D eigenvalue weighted by Gasteiger charge is -2.25. The molecule has 0 saturated heterocycles. The number of halogens is 1. The average Bonchev–Trinajstić information content (AvgIpc) is 2.78. The molecule has 3 aromatic rings. The fourth-order valence-corrected chi connectivity index (χ4v) is 3.76. The van der Waals surface area contributed by atoms with Crippen LogP contribution >= 0.6 is 11.6 Å². The number of rotatable bonds is 9. The highest BCUT2D eigenvalue weighted by molar-refractivity contribution is 6.30. The van der Waals surface area contributed by atoms with Crippen molar-refractivity contribution in [3.8, 4) is 0 Å². The summed E-state index contributed by atoms with van der Waals surface area (Å²) in [4.78, 5) is 42.1. The second kappa shape index (κ2) is 10.9. The Morgan fingerprint density at radius 1 is 1.18 bits per heavy atom. The van der Waals surface area contributed by atoms with Gasteiger partial charge in [-0.15, -0.1) is 0 Å². The first-order chi connectivity index (χ1) is 15.8. The maximum atomic E-state index is 13.2. The number of hydrogen-bond donors (Lipinski definition) is 3. The number of benzene rings is 2. The Morgan fingerprint density at radius 3 is 2.58 bits per heavy atom. The van der Waals surface area contributed by atoms with Crippen LogP contribution in [0.3, 0.4) is 0 Å². The van der Waals surface area contributed by atoms with Crippen LogP contribution in [-0.4, -0.2) is 28.5 Å². The van der Waals surface area contributed by atoms with Gasteiger partial charge < -0.3 is 16.0 Å². The molecule has 174 valence electrons. The molecule has 1 aromatic heterocycles. The summed E-state index contributed by atoms with van der Waals surface area (Å²) in [5.74, 6) is -0.375. The van der Waals surface area contributed by atoms with Crippen LogP contribution in [0.4, 0.5) is 17.2 Å². The molecule has 1 amide bonds. The zero-order valence-corrected chi connectivity index (χ0v) is 19.5. The van der Waals surface area contributed by atoms with Gasteiger partial charge in [-0.3, -0.25) is 19.1 Å². The first-order valence-electron chi connectivity index (χ1n) is 10.8. The number of H-pyrrole nitrogens is 1. The highest BCUT2D eigenvalue weighted by atomic mass is 35.5. The molecule has 2 aromatic carbocycles. The molecule has 8 nitrogen and oxygen atoms in total. The number of carbonyl (C=O) groups excluding carboxylic acids is 1. The maximum Gasteiger partial charge on any atom is 0.330 e. The molecular formula is C24H28ClN5O3. The third-order valence-corrected chi connectivity index (χ3v) is 5.56. The molecule has 0 bridgehead atoms. The lowest BCUT2D eigenvalue weighted by Crippen LogP contribution is -2.43. The molecule has 0 unspecified atom stereocenters. The van der Waals surface area contributed by atoms with Gasteiger partial charge in [0.25, 0.3) is 5.56 Å². The zero-order valence-electron chi connectivity index (χ0n) is 18.7. The Kier molecular flexibility index (Phi) is 7.95. The summed E-state index contributed by atoms with van der Waals surface area (Å²) >= 11 is 6.00. The van der Waals surface area contributed by atoms with Crippen molar-refractivity contribution in [1.29, 1.82) is 0 Å². The van der Waals surface area contributed by atoms with Gasteiger partial charge in [0.15, 0.2) is 5.69 Å². The molecule has 0 aliphatic rings. The van der Waals surface area contributed by atoms with Crippen LogP contribution in [-0.2, 0) is 11.3 Å². The van der Waals surface area contributed by atoms with Crippen LogP contribution in [0, 0.1) is 6.92 Å². The number of nitrogens with two attached hydrogens (primary N) is 1. The van der Waals surface area contributed by atoms with E-state index in [4.69, 9.17) is 17.3 Å². The van der Waals surface area contributed by atoms with E-state index in [1.807, 2.05) is 44.2 Å². The van der Waals surface area contributed by atoms with Gasteiger partial charge in [0.05, 0.1) is 13.1 Å². The number of aromatic nitrogens is 2. The summed E-state index contributed by atoms with van der Waals surface area (Å²) in [6.45, 7) is 4.29. The molecule has 0 aliphatic heterocycles. The summed E-state index contributed by atoms with van der Waals surface area (Å²) in [5, 5.41) is 3.71. The monoisotopic (exact) mass is 469 g/mol. The largest absolute Gasteiger partial charge is 0.383 e. The quantitative estimate of drug-likeness (QED) is 0.444. The number of hydrogen-bond acceptors (Lipinski definition) is 5. The Labute approximate surface area is 197 Å². The fourth-order valence-electron chi connectivity index (χ4n) is 3.53. The molecular weight excluding hydrogens is 442 g/mol. The van der Waals surface area contributed by atoms with E-state index < -0.39 is 11.2 Å². The molecule has 3 rings (SSSR count). The Morgan fingerprint density at radius 2 is 1.91 bits per heavy atom. The Hall–Kier alpha value is -3.52. The number of amides is 1. The van der Waals surface area contributed by atoms with E-state index >= 15 is 0 Å². The van der Waals surface area contributed by atoms with Crippen molar-refractivity contribution < 1.29 is 4.79 Å². The molecule has 0 saturated carbocycles. The number of aromatic amines is 1. The summed E-state index contributed by atoms with van der Waals surface area (Å²) < 4.78 is 1.27.